The molecule has 0 spiro atoms. The lowest BCUT2D eigenvalue weighted by molar-refractivity contribution is -0.158. The van der Waals surface area contributed by atoms with Gasteiger partial charge in [-0.2, -0.15) is 0 Å². The molecule has 0 unspecified atom stereocenters. The Labute approximate surface area is 208 Å². The minimum Gasteiger partial charge on any atom is -0.469 e. The highest BCUT2D eigenvalue weighted by molar-refractivity contribution is 7.07. The lowest BCUT2D eigenvalue weighted by atomic mass is 9.81. The number of carbonyl (C=O) groups is 1. The van der Waals surface area contributed by atoms with Crippen LogP contribution in [0.5, 0.6) is 5.75 Å². The monoisotopic (exact) mass is 506 g/mol. The SMILES string of the molecule is COC(=O)[C@@H]1[C@H]2c3ccccc3O[C@@]1(C)N=c1s/c(=C/c3ccc(-c4ccccc4Cl)o3)c(=O)n12. The molecule has 2 aliphatic rings. The van der Waals surface area contributed by atoms with E-state index >= 15 is 0 Å². The number of fused-ring (bicyclic) bond motifs is 6. The highest BCUT2D eigenvalue weighted by atomic mass is 35.5. The molecule has 2 aromatic carbocycles. The standard InChI is InChI=1S/C26H19ClN2O5S/c1-26-21(24(31)32-2)22(16-8-4-6-10-19(16)34-26)29-23(30)20(35-25(29)28-26)13-14-11-12-18(33-14)15-7-3-5-9-17(15)27/h3-13,21-22H,1-2H3/b20-13+/t21-,22+,26+/m0/s1. The summed E-state index contributed by atoms with van der Waals surface area (Å²) < 4.78 is 19.3. The van der Waals surface area contributed by atoms with Gasteiger partial charge in [-0.3, -0.25) is 14.2 Å². The number of ether oxygens (including phenoxy) is 2. The topological polar surface area (TPSA) is 83.0 Å². The van der Waals surface area contributed by atoms with Gasteiger partial charge in [-0.05, 0) is 37.3 Å². The van der Waals surface area contributed by atoms with E-state index in [-0.39, 0.29) is 5.56 Å². The van der Waals surface area contributed by atoms with Crippen LogP contribution in [0.15, 0.2) is 74.9 Å². The van der Waals surface area contributed by atoms with Crippen molar-refractivity contribution < 1.29 is 18.7 Å². The van der Waals surface area contributed by atoms with Gasteiger partial charge in [0.1, 0.15) is 23.2 Å². The normalized spacial score (nSPS) is 22.5. The van der Waals surface area contributed by atoms with Gasteiger partial charge in [0.2, 0.25) is 5.72 Å². The Bertz CT molecular complexity index is 1670. The van der Waals surface area contributed by atoms with Crippen molar-refractivity contribution in [1.82, 2.24) is 4.57 Å². The molecule has 9 heteroatoms. The van der Waals surface area contributed by atoms with Crippen molar-refractivity contribution in [3.63, 3.8) is 0 Å². The molecule has 176 valence electrons. The van der Waals surface area contributed by atoms with Crippen molar-refractivity contribution in [2.24, 2.45) is 10.9 Å². The Balaban J connectivity index is 1.52. The number of benzene rings is 2. The molecule has 2 aliphatic heterocycles. The van der Waals surface area contributed by atoms with Crippen molar-refractivity contribution >= 4 is 35.0 Å². The van der Waals surface area contributed by atoms with E-state index in [9.17, 15) is 9.59 Å². The Morgan fingerprint density at radius 2 is 1.94 bits per heavy atom. The number of rotatable bonds is 3. The third-order valence-electron chi connectivity index (χ3n) is 6.37. The first-order valence-electron chi connectivity index (χ1n) is 10.9. The molecule has 0 radical (unpaired) electrons. The van der Waals surface area contributed by atoms with Crippen LogP contribution in [-0.4, -0.2) is 23.4 Å². The number of hydrogen-bond acceptors (Lipinski definition) is 7. The van der Waals surface area contributed by atoms with Gasteiger partial charge in [-0.15, -0.1) is 0 Å². The zero-order valence-corrected chi connectivity index (χ0v) is 20.3. The second-order valence-corrected chi connectivity index (χ2v) is 9.92. The molecule has 0 fully saturated rings. The molecule has 4 heterocycles. The largest absolute Gasteiger partial charge is 0.469 e. The molecular formula is C26H19ClN2O5S. The van der Waals surface area contributed by atoms with Crippen LogP contribution >= 0.6 is 22.9 Å². The highest BCUT2D eigenvalue weighted by Gasteiger charge is 2.55. The zero-order valence-electron chi connectivity index (χ0n) is 18.7. The van der Waals surface area contributed by atoms with E-state index in [1.165, 1.54) is 18.4 Å². The number of aromatic nitrogens is 1. The van der Waals surface area contributed by atoms with Crippen LogP contribution in [0.2, 0.25) is 5.02 Å². The Morgan fingerprint density at radius 3 is 2.74 bits per heavy atom. The molecule has 6 rings (SSSR count). The summed E-state index contributed by atoms with van der Waals surface area (Å²) in [5, 5.41) is 0.576. The highest BCUT2D eigenvalue weighted by Crippen LogP contribution is 2.47. The maximum atomic E-state index is 13.6. The van der Waals surface area contributed by atoms with E-state index in [2.05, 4.69) is 0 Å². The first-order chi connectivity index (χ1) is 16.9. The first-order valence-corrected chi connectivity index (χ1v) is 12.1. The number of esters is 1. The second kappa shape index (κ2) is 7.96. The average Bonchev–Trinajstić information content (AvgIpc) is 3.42. The Kier molecular flexibility index (Phi) is 4.98. The minimum atomic E-state index is -1.21. The minimum absolute atomic E-state index is 0.262. The van der Waals surface area contributed by atoms with Crippen LogP contribution < -0.4 is 19.6 Å². The number of halogens is 1. The van der Waals surface area contributed by atoms with Crippen LogP contribution in [0.25, 0.3) is 17.4 Å². The third kappa shape index (κ3) is 3.36. The fourth-order valence-corrected chi connectivity index (χ4v) is 6.10. The van der Waals surface area contributed by atoms with E-state index in [4.69, 9.17) is 30.5 Å². The third-order valence-corrected chi connectivity index (χ3v) is 7.69. The molecule has 7 nitrogen and oxygen atoms in total. The molecule has 0 saturated heterocycles. The molecule has 0 aliphatic carbocycles. The average molecular weight is 507 g/mol. The van der Waals surface area contributed by atoms with Crippen LogP contribution in [0.4, 0.5) is 0 Å². The summed E-state index contributed by atoms with van der Waals surface area (Å²) >= 11 is 7.52. The lowest BCUT2D eigenvalue weighted by Crippen LogP contribution is -2.58. The van der Waals surface area contributed by atoms with E-state index in [1.807, 2.05) is 48.5 Å². The van der Waals surface area contributed by atoms with E-state index in [0.717, 1.165) is 11.1 Å². The van der Waals surface area contributed by atoms with Gasteiger partial charge in [0.05, 0.1) is 22.7 Å². The van der Waals surface area contributed by atoms with E-state index < -0.39 is 23.7 Å². The summed E-state index contributed by atoms with van der Waals surface area (Å²) in [5.74, 6) is 0.399. The van der Waals surface area contributed by atoms with Gasteiger partial charge < -0.3 is 13.9 Å². The summed E-state index contributed by atoms with van der Waals surface area (Å²) in [5.41, 5.74) is 0.0364. The van der Waals surface area contributed by atoms with Gasteiger partial charge in [0.25, 0.3) is 5.56 Å². The Morgan fingerprint density at radius 1 is 1.17 bits per heavy atom. The number of methoxy groups -OCH3 is 1. The summed E-state index contributed by atoms with van der Waals surface area (Å²) in [6, 6.07) is 17.8. The van der Waals surface area contributed by atoms with Crippen molar-refractivity contribution in [2.45, 2.75) is 18.7 Å². The predicted molar refractivity (Wildman–Crippen MR) is 131 cm³/mol. The van der Waals surface area contributed by atoms with Crippen molar-refractivity contribution in [3.8, 4) is 17.1 Å². The lowest BCUT2D eigenvalue weighted by Gasteiger charge is -2.44. The quantitative estimate of drug-likeness (QED) is 0.395. The summed E-state index contributed by atoms with van der Waals surface area (Å²) in [7, 11) is 1.33. The number of nitrogens with zero attached hydrogens (tertiary/aromatic N) is 2. The molecular weight excluding hydrogens is 488 g/mol. The zero-order chi connectivity index (χ0) is 24.3. The maximum absolute atomic E-state index is 13.6. The molecule has 0 saturated carbocycles. The molecule has 35 heavy (non-hydrogen) atoms. The van der Waals surface area contributed by atoms with Crippen molar-refractivity contribution in [1.29, 1.82) is 0 Å². The van der Waals surface area contributed by atoms with Gasteiger partial charge in [-0.25, -0.2) is 4.99 Å². The predicted octanol–water partition coefficient (Wildman–Crippen LogP) is 3.77. The maximum Gasteiger partial charge on any atom is 0.317 e. The summed E-state index contributed by atoms with van der Waals surface area (Å²) in [4.78, 5) is 31.7. The summed E-state index contributed by atoms with van der Waals surface area (Å²) in [6.45, 7) is 1.75. The molecule has 2 aromatic heterocycles. The molecule has 3 atom stereocenters. The fourth-order valence-electron chi connectivity index (χ4n) is 4.80. The van der Waals surface area contributed by atoms with E-state index in [0.29, 0.717) is 31.6 Å². The van der Waals surface area contributed by atoms with Crippen LogP contribution in [0.1, 0.15) is 24.3 Å². The van der Waals surface area contributed by atoms with Crippen LogP contribution in [-0.2, 0) is 9.53 Å². The second-order valence-electron chi connectivity index (χ2n) is 8.50. The van der Waals surface area contributed by atoms with Crippen molar-refractivity contribution in [3.05, 3.63) is 96.7 Å². The van der Waals surface area contributed by atoms with E-state index in [1.54, 1.807) is 29.7 Å². The smallest absolute Gasteiger partial charge is 0.317 e. The van der Waals surface area contributed by atoms with Crippen molar-refractivity contribution in [2.75, 3.05) is 7.11 Å². The van der Waals surface area contributed by atoms with Gasteiger partial charge in [0.15, 0.2) is 4.80 Å². The summed E-state index contributed by atoms with van der Waals surface area (Å²) in [6.07, 6.45) is 1.68. The number of para-hydroxylation sites is 1. The molecule has 0 amide bonds. The molecule has 4 aromatic rings. The number of hydrogen-bond donors (Lipinski definition) is 0. The van der Waals surface area contributed by atoms with Crippen LogP contribution in [0.3, 0.4) is 0 Å². The first kappa shape index (κ1) is 21.9. The van der Waals surface area contributed by atoms with Gasteiger partial charge in [0, 0.05) is 17.2 Å². The van der Waals surface area contributed by atoms with Gasteiger partial charge >= 0.3 is 5.97 Å². The van der Waals surface area contributed by atoms with Gasteiger partial charge in [-0.1, -0.05) is 53.3 Å². The molecule has 2 bridgehead atoms. The fraction of sp³-hybridized carbons (Fsp3) is 0.192. The van der Waals surface area contributed by atoms with Crippen LogP contribution in [0, 0.1) is 5.92 Å². The number of furan rings is 1. The number of carbonyl (C=O) groups excluding carboxylic acids is 1. The Hall–Kier alpha value is -3.62. The number of thiazole rings is 1. The molecule has 0 N–H and O–H groups in total.